The molecule has 3 nitrogen and oxygen atoms in total. The summed E-state index contributed by atoms with van der Waals surface area (Å²) < 4.78 is 0. The average molecular weight is 285 g/mol. The van der Waals surface area contributed by atoms with Gasteiger partial charge in [-0.15, -0.1) is 0 Å². The number of aromatic hydroxyl groups is 1. The smallest absolute Gasteiger partial charge is 0.220 e. The zero-order valence-electron chi connectivity index (χ0n) is 12.6. The Morgan fingerprint density at radius 2 is 2.05 bits per heavy atom. The number of phenols is 1. The van der Waals surface area contributed by atoms with Crippen molar-refractivity contribution in [2.24, 2.45) is 0 Å². The Labute approximate surface area is 126 Å². The molecule has 112 valence electrons. The van der Waals surface area contributed by atoms with E-state index in [9.17, 15) is 9.90 Å². The van der Waals surface area contributed by atoms with Crippen molar-refractivity contribution in [1.29, 1.82) is 0 Å². The molecule has 0 unspecified atom stereocenters. The number of amides is 1. The van der Waals surface area contributed by atoms with Crippen LogP contribution in [0.3, 0.4) is 0 Å². The fourth-order valence-corrected chi connectivity index (χ4v) is 2.50. The van der Waals surface area contributed by atoms with E-state index in [-0.39, 0.29) is 11.7 Å². The van der Waals surface area contributed by atoms with E-state index in [1.807, 2.05) is 24.3 Å². The quantitative estimate of drug-likeness (QED) is 0.760. The summed E-state index contributed by atoms with van der Waals surface area (Å²) in [6, 6.07) is 11.5. The van der Waals surface area contributed by atoms with Crippen molar-refractivity contribution in [3.63, 3.8) is 0 Å². The topological polar surface area (TPSA) is 49.3 Å². The molecule has 0 saturated carbocycles. The summed E-state index contributed by atoms with van der Waals surface area (Å²) in [6.45, 7) is 2.77. The molecular weight excluding hydrogens is 262 g/mol. The van der Waals surface area contributed by atoms with Gasteiger partial charge in [0.15, 0.2) is 0 Å². The lowest BCUT2D eigenvalue weighted by Gasteiger charge is -2.08. The van der Waals surface area contributed by atoms with Crippen LogP contribution in [0, 0.1) is 0 Å². The molecule has 2 rings (SSSR count). The Balaban J connectivity index is 1.91. The Morgan fingerprint density at radius 3 is 2.86 bits per heavy atom. The van der Waals surface area contributed by atoms with E-state index >= 15 is 0 Å². The Kier molecular flexibility index (Phi) is 5.61. The van der Waals surface area contributed by atoms with Crippen LogP contribution in [0.2, 0.25) is 0 Å². The minimum absolute atomic E-state index is 0.131. The molecule has 2 N–H and O–H groups in total. The molecule has 0 aliphatic heterocycles. The third kappa shape index (κ3) is 4.48. The predicted molar refractivity (Wildman–Crippen MR) is 86.5 cm³/mol. The van der Waals surface area contributed by atoms with Gasteiger partial charge in [-0.25, -0.2) is 0 Å². The highest BCUT2D eigenvalue weighted by molar-refractivity contribution is 5.87. The summed E-state index contributed by atoms with van der Waals surface area (Å²) in [5.74, 6) is 0.407. The van der Waals surface area contributed by atoms with Crippen LogP contribution in [0.1, 0.15) is 38.2 Å². The molecule has 0 spiro atoms. The monoisotopic (exact) mass is 285 g/mol. The van der Waals surface area contributed by atoms with Crippen LogP contribution in [-0.4, -0.2) is 17.6 Å². The van der Waals surface area contributed by atoms with Gasteiger partial charge in [0, 0.05) is 13.0 Å². The van der Waals surface area contributed by atoms with Crippen LogP contribution in [-0.2, 0) is 11.2 Å². The maximum Gasteiger partial charge on any atom is 0.220 e. The van der Waals surface area contributed by atoms with E-state index in [1.54, 1.807) is 12.1 Å². The minimum atomic E-state index is 0.131. The highest BCUT2D eigenvalue weighted by Gasteiger charge is 2.04. The third-order valence-corrected chi connectivity index (χ3v) is 3.68. The molecule has 21 heavy (non-hydrogen) atoms. The van der Waals surface area contributed by atoms with Gasteiger partial charge in [0.2, 0.25) is 5.91 Å². The number of unbranched alkanes of at least 4 members (excludes halogenated alkanes) is 2. The van der Waals surface area contributed by atoms with Gasteiger partial charge >= 0.3 is 0 Å². The first-order chi connectivity index (χ1) is 10.2. The summed E-state index contributed by atoms with van der Waals surface area (Å²) >= 11 is 0. The summed E-state index contributed by atoms with van der Waals surface area (Å²) in [5, 5.41) is 14.8. The van der Waals surface area contributed by atoms with Crippen molar-refractivity contribution >= 4 is 16.7 Å². The van der Waals surface area contributed by atoms with Crippen molar-refractivity contribution in [3.05, 3.63) is 42.0 Å². The fraction of sp³-hybridized carbons (Fsp3) is 0.389. The number of rotatable bonds is 7. The average Bonchev–Trinajstić information content (AvgIpc) is 2.48. The molecule has 0 radical (unpaired) electrons. The molecule has 0 fully saturated rings. The van der Waals surface area contributed by atoms with E-state index in [1.165, 1.54) is 0 Å². The van der Waals surface area contributed by atoms with Gasteiger partial charge in [0.1, 0.15) is 5.75 Å². The second-order valence-electron chi connectivity index (χ2n) is 5.38. The molecule has 2 aromatic rings. The summed E-state index contributed by atoms with van der Waals surface area (Å²) in [5.41, 5.74) is 1.15. The highest BCUT2D eigenvalue weighted by Crippen LogP contribution is 2.23. The van der Waals surface area contributed by atoms with Crippen molar-refractivity contribution in [3.8, 4) is 5.75 Å². The molecule has 3 heteroatoms. The van der Waals surface area contributed by atoms with Gasteiger partial charge in [0.25, 0.3) is 0 Å². The number of carbonyl (C=O) groups excluding carboxylic acids is 1. The van der Waals surface area contributed by atoms with Crippen molar-refractivity contribution in [1.82, 2.24) is 5.32 Å². The van der Waals surface area contributed by atoms with Crippen LogP contribution in [0.15, 0.2) is 36.4 Å². The van der Waals surface area contributed by atoms with Crippen molar-refractivity contribution < 1.29 is 9.90 Å². The molecule has 2 aromatic carbocycles. The largest absolute Gasteiger partial charge is 0.508 e. The standard InChI is InChI=1S/C18H23NO2/c1-2-3-4-8-18(21)19-12-11-15-7-5-6-14-9-10-16(20)13-17(14)15/h5-7,9-10,13,20H,2-4,8,11-12H2,1H3,(H,19,21). The van der Waals surface area contributed by atoms with Crippen LogP contribution in [0.25, 0.3) is 10.8 Å². The van der Waals surface area contributed by atoms with E-state index < -0.39 is 0 Å². The molecule has 0 aliphatic carbocycles. The van der Waals surface area contributed by atoms with Gasteiger partial charge in [-0.2, -0.15) is 0 Å². The van der Waals surface area contributed by atoms with E-state index in [0.717, 1.165) is 42.0 Å². The molecule has 1 amide bonds. The summed E-state index contributed by atoms with van der Waals surface area (Å²) in [4.78, 5) is 11.7. The molecule has 0 saturated heterocycles. The fourth-order valence-electron chi connectivity index (χ4n) is 2.50. The lowest BCUT2D eigenvalue weighted by molar-refractivity contribution is -0.121. The zero-order chi connectivity index (χ0) is 15.1. The molecule has 0 bridgehead atoms. The number of benzene rings is 2. The molecular formula is C18H23NO2. The van der Waals surface area contributed by atoms with Gasteiger partial charge in [-0.3, -0.25) is 4.79 Å². The minimum Gasteiger partial charge on any atom is -0.508 e. The lowest BCUT2D eigenvalue weighted by atomic mass is 10.0. The van der Waals surface area contributed by atoms with Gasteiger partial charge in [-0.1, -0.05) is 44.0 Å². The van der Waals surface area contributed by atoms with E-state index in [2.05, 4.69) is 12.2 Å². The van der Waals surface area contributed by atoms with E-state index in [0.29, 0.717) is 13.0 Å². The second kappa shape index (κ2) is 7.67. The predicted octanol–water partition coefficient (Wildman–Crippen LogP) is 3.78. The maximum absolute atomic E-state index is 11.7. The number of hydrogen-bond acceptors (Lipinski definition) is 2. The van der Waals surface area contributed by atoms with Crippen LogP contribution in [0.5, 0.6) is 5.75 Å². The third-order valence-electron chi connectivity index (χ3n) is 3.68. The van der Waals surface area contributed by atoms with Gasteiger partial charge in [0.05, 0.1) is 0 Å². The first kappa shape index (κ1) is 15.4. The number of phenolic OH excluding ortho intramolecular Hbond substituents is 1. The van der Waals surface area contributed by atoms with Crippen molar-refractivity contribution in [2.75, 3.05) is 6.54 Å². The number of nitrogens with one attached hydrogen (secondary N) is 1. The Hall–Kier alpha value is -2.03. The van der Waals surface area contributed by atoms with Gasteiger partial charge < -0.3 is 10.4 Å². The molecule has 0 aromatic heterocycles. The first-order valence-corrected chi connectivity index (χ1v) is 7.68. The molecule has 0 atom stereocenters. The SMILES string of the molecule is CCCCCC(=O)NCCc1cccc2ccc(O)cc12. The summed E-state index contributed by atoms with van der Waals surface area (Å²) in [7, 11) is 0. The number of fused-ring (bicyclic) bond motifs is 1. The highest BCUT2D eigenvalue weighted by atomic mass is 16.3. The van der Waals surface area contributed by atoms with Gasteiger partial charge in [-0.05, 0) is 41.3 Å². The lowest BCUT2D eigenvalue weighted by Crippen LogP contribution is -2.25. The Morgan fingerprint density at radius 1 is 1.19 bits per heavy atom. The molecule has 0 heterocycles. The maximum atomic E-state index is 11.7. The van der Waals surface area contributed by atoms with Crippen LogP contribution in [0.4, 0.5) is 0 Å². The van der Waals surface area contributed by atoms with Crippen molar-refractivity contribution in [2.45, 2.75) is 39.0 Å². The first-order valence-electron chi connectivity index (χ1n) is 7.68. The second-order valence-corrected chi connectivity index (χ2v) is 5.38. The summed E-state index contributed by atoms with van der Waals surface area (Å²) in [6.07, 6.45) is 4.59. The number of carbonyl (C=O) groups is 1. The van der Waals surface area contributed by atoms with Crippen LogP contribution < -0.4 is 5.32 Å². The van der Waals surface area contributed by atoms with E-state index in [4.69, 9.17) is 0 Å². The Bertz CT molecular complexity index is 607. The zero-order valence-corrected chi connectivity index (χ0v) is 12.6. The normalized spacial score (nSPS) is 10.7. The number of hydrogen-bond donors (Lipinski definition) is 2. The molecule has 0 aliphatic rings. The van der Waals surface area contributed by atoms with Crippen LogP contribution >= 0.6 is 0 Å².